The van der Waals surface area contributed by atoms with Crippen LogP contribution >= 0.6 is 0 Å². The fourth-order valence-electron chi connectivity index (χ4n) is 3.16. The van der Waals surface area contributed by atoms with Gasteiger partial charge in [-0.05, 0) is 19.1 Å². The third-order valence-corrected chi connectivity index (χ3v) is 4.50. The van der Waals surface area contributed by atoms with Crippen molar-refractivity contribution in [3.05, 3.63) is 77.2 Å². The van der Waals surface area contributed by atoms with E-state index in [0.717, 1.165) is 11.1 Å². The summed E-state index contributed by atoms with van der Waals surface area (Å²) in [6, 6.07) is 16.9. The first-order valence-corrected chi connectivity index (χ1v) is 9.01. The molecule has 4 aromatic rings. The third-order valence-electron chi connectivity index (χ3n) is 4.50. The van der Waals surface area contributed by atoms with Crippen molar-refractivity contribution >= 4 is 17.0 Å². The number of carbonyl (C=O) groups excluding carboxylic acids is 1. The highest BCUT2D eigenvalue weighted by Crippen LogP contribution is 2.20. The summed E-state index contributed by atoms with van der Waals surface area (Å²) in [7, 11) is 0. The number of imidazole rings is 1. The Bertz CT molecular complexity index is 1170. The van der Waals surface area contributed by atoms with Crippen molar-refractivity contribution < 1.29 is 13.9 Å². The van der Waals surface area contributed by atoms with Crippen molar-refractivity contribution in [3.8, 4) is 11.3 Å². The van der Waals surface area contributed by atoms with E-state index in [4.69, 9.17) is 9.15 Å². The molecule has 2 aromatic heterocycles. The van der Waals surface area contributed by atoms with Gasteiger partial charge in [-0.15, -0.1) is 0 Å². The summed E-state index contributed by atoms with van der Waals surface area (Å²) < 4.78 is 13.9. The second-order valence-corrected chi connectivity index (χ2v) is 6.25. The predicted octanol–water partition coefficient (Wildman–Crippen LogP) is 3.22. The van der Waals surface area contributed by atoms with Crippen LogP contribution in [-0.4, -0.2) is 20.1 Å². The molecule has 0 aliphatic heterocycles. The SMILES string of the molecule is CCn1c(=O)n(CC(=O)OCc2ncc(-c3ccccc3)o2)c2ccccc21. The van der Waals surface area contributed by atoms with Gasteiger partial charge in [-0.25, -0.2) is 9.78 Å². The molecule has 0 aliphatic rings. The number of oxazole rings is 1. The molecule has 4 rings (SSSR count). The maximum Gasteiger partial charge on any atom is 0.329 e. The minimum atomic E-state index is -0.527. The quantitative estimate of drug-likeness (QED) is 0.482. The molecular weight excluding hydrogens is 358 g/mol. The number of carbonyl (C=O) groups is 1. The van der Waals surface area contributed by atoms with Crippen LogP contribution in [0.15, 0.2) is 70.0 Å². The fourth-order valence-corrected chi connectivity index (χ4v) is 3.16. The van der Waals surface area contributed by atoms with E-state index in [9.17, 15) is 9.59 Å². The lowest BCUT2D eigenvalue weighted by atomic mass is 10.2. The number of esters is 1. The average Bonchev–Trinajstić information content (AvgIpc) is 3.30. The summed E-state index contributed by atoms with van der Waals surface area (Å²) in [5.74, 6) is 0.380. The zero-order valence-electron chi connectivity index (χ0n) is 15.4. The fraction of sp³-hybridized carbons (Fsp3) is 0.190. The molecule has 0 atom stereocenters. The lowest BCUT2D eigenvalue weighted by molar-refractivity contribution is -0.146. The van der Waals surface area contributed by atoms with Crippen LogP contribution in [0.3, 0.4) is 0 Å². The molecule has 0 saturated carbocycles. The Balaban J connectivity index is 1.46. The number of fused-ring (bicyclic) bond motifs is 1. The largest absolute Gasteiger partial charge is 0.454 e. The first-order chi connectivity index (χ1) is 13.7. The average molecular weight is 377 g/mol. The summed E-state index contributed by atoms with van der Waals surface area (Å²) in [5, 5.41) is 0. The van der Waals surface area contributed by atoms with E-state index in [1.165, 1.54) is 4.57 Å². The van der Waals surface area contributed by atoms with E-state index in [1.807, 2.05) is 61.5 Å². The number of aromatic nitrogens is 3. The number of aryl methyl sites for hydroxylation is 1. The maximum atomic E-state index is 12.6. The third kappa shape index (κ3) is 3.34. The van der Waals surface area contributed by atoms with Gasteiger partial charge in [0.15, 0.2) is 12.4 Å². The molecule has 0 N–H and O–H groups in total. The lowest BCUT2D eigenvalue weighted by Gasteiger charge is -2.04. The highest BCUT2D eigenvalue weighted by atomic mass is 16.5. The molecule has 0 spiro atoms. The van der Waals surface area contributed by atoms with Gasteiger partial charge in [0.1, 0.15) is 6.54 Å². The number of nitrogens with zero attached hydrogens (tertiary/aromatic N) is 3. The smallest absolute Gasteiger partial charge is 0.329 e. The summed E-state index contributed by atoms with van der Waals surface area (Å²) in [6.07, 6.45) is 1.60. The second-order valence-electron chi connectivity index (χ2n) is 6.25. The van der Waals surface area contributed by atoms with Crippen molar-refractivity contribution in [3.63, 3.8) is 0 Å². The van der Waals surface area contributed by atoms with Gasteiger partial charge in [-0.3, -0.25) is 13.9 Å². The first-order valence-electron chi connectivity index (χ1n) is 9.01. The van der Waals surface area contributed by atoms with E-state index in [2.05, 4.69) is 4.98 Å². The number of para-hydroxylation sites is 2. The molecule has 0 bridgehead atoms. The van der Waals surface area contributed by atoms with Crippen LogP contribution in [0.25, 0.3) is 22.4 Å². The lowest BCUT2D eigenvalue weighted by Crippen LogP contribution is -2.27. The predicted molar refractivity (Wildman–Crippen MR) is 104 cm³/mol. The topological polar surface area (TPSA) is 79.3 Å². The first kappa shape index (κ1) is 17.8. The molecule has 2 heterocycles. The van der Waals surface area contributed by atoms with Crippen molar-refractivity contribution in [2.75, 3.05) is 0 Å². The Morgan fingerprint density at radius 3 is 2.43 bits per heavy atom. The van der Waals surface area contributed by atoms with E-state index < -0.39 is 5.97 Å². The van der Waals surface area contributed by atoms with Crippen LogP contribution in [-0.2, 0) is 29.2 Å². The Kier molecular flexibility index (Phi) is 4.80. The normalized spacial score (nSPS) is 11.0. The summed E-state index contributed by atoms with van der Waals surface area (Å²) in [4.78, 5) is 29.0. The van der Waals surface area contributed by atoms with Crippen LogP contribution in [0.4, 0.5) is 0 Å². The van der Waals surface area contributed by atoms with Crippen molar-refractivity contribution in [2.24, 2.45) is 0 Å². The van der Waals surface area contributed by atoms with Gasteiger partial charge in [0.05, 0.1) is 17.2 Å². The minimum Gasteiger partial charge on any atom is -0.454 e. The molecule has 0 radical (unpaired) electrons. The molecule has 0 saturated heterocycles. The number of ether oxygens (including phenoxy) is 1. The maximum absolute atomic E-state index is 12.6. The zero-order chi connectivity index (χ0) is 19.5. The van der Waals surface area contributed by atoms with Gasteiger partial charge in [-0.2, -0.15) is 0 Å². The molecule has 7 nitrogen and oxygen atoms in total. The van der Waals surface area contributed by atoms with Crippen molar-refractivity contribution in [1.29, 1.82) is 0 Å². The van der Waals surface area contributed by atoms with Gasteiger partial charge in [-0.1, -0.05) is 42.5 Å². The summed E-state index contributed by atoms with van der Waals surface area (Å²) in [6.45, 7) is 2.16. The van der Waals surface area contributed by atoms with E-state index in [1.54, 1.807) is 10.8 Å². The van der Waals surface area contributed by atoms with Gasteiger partial charge in [0.25, 0.3) is 0 Å². The number of hydrogen-bond acceptors (Lipinski definition) is 5. The Hall–Kier alpha value is -3.61. The highest BCUT2D eigenvalue weighted by molar-refractivity contribution is 5.78. The van der Waals surface area contributed by atoms with Crippen molar-refractivity contribution in [2.45, 2.75) is 26.6 Å². The molecule has 0 aliphatic carbocycles. The Morgan fingerprint density at radius 2 is 1.71 bits per heavy atom. The van der Waals surface area contributed by atoms with Crippen LogP contribution in [0.1, 0.15) is 12.8 Å². The molecular formula is C21H19N3O4. The van der Waals surface area contributed by atoms with Crippen LogP contribution in [0.2, 0.25) is 0 Å². The minimum absolute atomic E-state index is 0.0904. The van der Waals surface area contributed by atoms with Gasteiger partial charge < -0.3 is 9.15 Å². The van der Waals surface area contributed by atoms with Gasteiger partial charge in [0.2, 0.25) is 5.89 Å². The number of rotatable bonds is 6. The number of benzene rings is 2. The summed E-state index contributed by atoms with van der Waals surface area (Å²) >= 11 is 0. The van der Waals surface area contributed by atoms with E-state index in [0.29, 0.717) is 23.7 Å². The van der Waals surface area contributed by atoms with Gasteiger partial charge in [0, 0.05) is 12.1 Å². The van der Waals surface area contributed by atoms with Crippen LogP contribution < -0.4 is 5.69 Å². The second kappa shape index (κ2) is 7.56. The zero-order valence-corrected chi connectivity index (χ0v) is 15.4. The molecule has 0 fully saturated rings. The molecule has 0 amide bonds. The van der Waals surface area contributed by atoms with E-state index in [-0.39, 0.29) is 18.8 Å². The standard InChI is InChI=1S/C21H19N3O4/c1-2-23-16-10-6-7-11-17(16)24(21(23)26)13-20(25)27-14-19-22-12-18(28-19)15-8-4-3-5-9-15/h3-12H,2,13-14H2,1H3. The summed E-state index contributed by atoms with van der Waals surface area (Å²) in [5.41, 5.74) is 2.16. The molecule has 28 heavy (non-hydrogen) atoms. The Labute approximate surface area is 160 Å². The van der Waals surface area contributed by atoms with E-state index >= 15 is 0 Å². The van der Waals surface area contributed by atoms with Crippen molar-refractivity contribution in [1.82, 2.24) is 14.1 Å². The van der Waals surface area contributed by atoms with Gasteiger partial charge >= 0.3 is 11.7 Å². The molecule has 2 aromatic carbocycles. The van der Waals surface area contributed by atoms with Crippen LogP contribution in [0.5, 0.6) is 0 Å². The monoisotopic (exact) mass is 377 g/mol. The van der Waals surface area contributed by atoms with Crippen LogP contribution in [0, 0.1) is 0 Å². The molecule has 0 unspecified atom stereocenters. The highest BCUT2D eigenvalue weighted by Gasteiger charge is 2.16. The number of hydrogen-bond donors (Lipinski definition) is 0. The molecule has 142 valence electrons. The Morgan fingerprint density at radius 1 is 1.04 bits per heavy atom. The molecule has 7 heteroatoms.